The molecule has 0 aromatic heterocycles. The zero-order valence-electron chi connectivity index (χ0n) is 13.3. The van der Waals surface area contributed by atoms with Crippen LogP contribution in [0, 0.1) is 0 Å². The predicted molar refractivity (Wildman–Crippen MR) is 92.1 cm³/mol. The van der Waals surface area contributed by atoms with Crippen LogP contribution in [0.5, 0.6) is 0 Å². The van der Waals surface area contributed by atoms with Gasteiger partial charge in [0, 0.05) is 19.3 Å². The molecule has 1 saturated carbocycles. The third kappa shape index (κ3) is 3.37. The number of rotatable bonds is 5. The Balaban J connectivity index is 1.78. The Bertz CT molecular complexity index is 681. The number of carbonyl (C=O) groups excluding carboxylic acids is 1. The minimum absolute atomic E-state index is 0.149. The van der Waals surface area contributed by atoms with E-state index in [2.05, 4.69) is 5.32 Å². The number of amides is 1. The second-order valence-corrected chi connectivity index (χ2v) is 6.17. The average Bonchev–Trinajstić information content (AvgIpc) is 2.58. The molecule has 0 atom stereocenters. The highest BCUT2D eigenvalue weighted by Crippen LogP contribution is 2.31. The lowest BCUT2D eigenvalue weighted by Crippen LogP contribution is -2.47. The molecule has 1 aliphatic carbocycles. The summed E-state index contributed by atoms with van der Waals surface area (Å²) < 4.78 is 0. The van der Waals surface area contributed by atoms with Crippen molar-refractivity contribution in [1.82, 2.24) is 5.32 Å². The van der Waals surface area contributed by atoms with E-state index >= 15 is 0 Å². The Morgan fingerprint density at radius 3 is 2.43 bits per heavy atom. The molecule has 1 aliphatic rings. The molecule has 120 valence electrons. The minimum Gasteiger partial charge on any atom is -0.388 e. The van der Waals surface area contributed by atoms with Crippen molar-refractivity contribution >= 4 is 17.3 Å². The van der Waals surface area contributed by atoms with Crippen molar-refractivity contribution in [2.24, 2.45) is 0 Å². The number of anilines is 2. The van der Waals surface area contributed by atoms with Crippen molar-refractivity contribution in [2.45, 2.75) is 24.9 Å². The van der Waals surface area contributed by atoms with Gasteiger partial charge >= 0.3 is 0 Å². The summed E-state index contributed by atoms with van der Waals surface area (Å²) in [5.74, 6) is -0.149. The van der Waals surface area contributed by atoms with Crippen LogP contribution in [0.2, 0.25) is 0 Å². The molecule has 0 bridgehead atoms. The van der Waals surface area contributed by atoms with Gasteiger partial charge in [0.15, 0.2) is 0 Å². The fraction of sp³-hybridized carbons (Fsp3) is 0.316. The van der Waals surface area contributed by atoms with Gasteiger partial charge in [-0.05, 0) is 43.5 Å². The summed E-state index contributed by atoms with van der Waals surface area (Å²) in [6, 6.07) is 17.4. The number of hydrogen-bond donors (Lipinski definition) is 2. The van der Waals surface area contributed by atoms with Gasteiger partial charge in [0.25, 0.3) is 5.91 Å². The molecule has 0 unspecified atom stereocenters. The molecule has 0 saturated heterocycles. The Labute approximate surface area is 136 Å². The first kappa shape index (κ1) is 15.6. The maximum absolute atomic E-state index is 12.5. The van der Waals surface area contributed by atoms with Crippen molar-refractivity contribution in [3.05, 3.63) is 60.2 Å². The molecule has 2 aromatic carbocycles. The van der Waals surface area contributed by atoms with Gasteiger partial charge in [0.2, 0.25) is 0 Å². The number of aliphatic hydroxyl groups is 1. The van der Waals surface area contributed by atoms with E-state index in [1.165, 1.54) is 0 Å². The van der Waals surface area contributed by atoms with Crippen LogP contribution in [0.4, 0.5) is 11.4 Å². The van der Waals surface area contributed by atoms with E-state index in [0.717, 1.165) is 30.6 Å². The minimum atomic E-state index is -0.712. The van der Waals surface area contributed by atoms with Gasteiger partial charge < -0.3 is 15.3 Å². The molecule has 0 radical (unpaired) electrons. The molecule has 3 rings (SSSR count). The lowest BCUT2D eigenvalue weighted by Gasteiger charge is -2.36. The molecule has 0 spiro atoms. The average molecular weight is 310 g/mol. The zero-order chi connectivity index (χ0) is 16.3. The predicted octanol–water partition coefficient (Wildman–Crippen LogP) is 3.10. The maximum Gasteiger partial charge on any atom is 0.253 e. The Kier molecular flexibility index (Phi) is 4.35. The van der Waals surface area contributed by atoms with E-state index in [0.29, 0.717) is 12.1 Å². The van der Waals surface area contributed by atoms with E-state index in [1.807, 2.05) is 66.5 Å². The first-order valence-electron chi connectivity index (χ1n) is 7.97. The van der Waals surface area contributed by atoms with Gasteiger partial charge in [-0.15, -0.1) is 0 Å². The smallest absolute Gasteiger partial charge is 0.253 e. The third-order valence-corrected chi connectivity index (χ3v) is 4.52. The van der Waals surface area contributed by atoms with Crippen molar-refractivity contribution in [2.75, 3.05) is 18.5 Å². The zero-order valence-corrected chi connectivity index (χ0v) is 13.3. The van der Waals surface area contributed by atoms with Gasteiger partial charge in [-0.1, -0.05) is 30.3 Å². The van der Waals surface area contributed by atoms with Gasteiger partial charge in [-0.3, -0.25) is 4.79 Å². The normalized spacial score (nSPS) is 15.6. The molecular formula is C19H22N2O2. The lowest BCUT2D eigenvalue weighted by molar-refractivity contribution is -0.0300. The Morgan fingerprint density at radius 1 is 1.13 bits per heavy atom. The SMILES string of the molecule is CN(c1ccccc1)c1ccccc1C(=O)NCC1(O)CCC1. The van der Waals surface area contributed by atoms with Crippen LogP contribution in [-0.4, -0.2) is 30.2 Å². The molecule has 1 fully saturated rings. The molecule has 4 heteroatoms. The third-order valence-electron chi connectivity index (χ3n) is 4.52. The van der Waals surface area contributed by atoms with E-state index in [9.17, 15) is 9.90 Å². The van der Waals surface area contributed by atoms with Crippen molar-refractivity contribution < 1.29 is 9.90 Å². The summed E-state index contributed by atoms with van der Waals surface area (Å²) in [4.78, 5) is 14.5. The van der Waals surface area contributed by atoms with Crippen molar-refractivity contribution in [3.63, 3.8) is 0 Å². The van der Waals surface area contributed by atoms with E-state index in [-0.39, 0.29) is 5.91 Å². The first-order valence-corrected chi connectivity index (χ1v) is 7.97. The summed E-state index contributed by atoms with van der Waals surface area (Å²) in [6.07, 6.45) is 2.55. The summed E-state index contributed by atoms with van der Waals surface area (Å²) in [6.45, 7) is 0.315. The highest BCUT2D eigenvalue weighted by molar-refractivity contribution is 6.00. The van der Waals surface area contributed by atoms with E-state index < -0.39 is 5.60 Å². The highest BCUT2D eigenvalue weighted by Gasteiger charge is 2.34. The van der Waals surface area contributed by atoms with Crippen LogP contribution >= 0.6 is 0 Å². The van der Waals surface area contributed by atoms with Crippen molar-refractivity contribution in [1.29, 1.82) is 0 Å². The molecule has 1 amide bonds. The Morgan fingerprint density at radius 2 is 1.78 bits per heavy atom. The van der Waals surface area contributed by atoms with Crippen LogP contribution < -0.4 is 10.2 Å². The number of hydrogen-bond acceptors (Lipinski definition) is 3. The fourth-order valence-electron chi connectivity index (χ4n) is 2.85. The van der Waals surface area contributed by atoms with Crippen LogP contribution in [0.15, 0.2) is 54.6 Å². The number of carbonyl (C=O) groups is 1. The lowest BCUT2D eigenvalue weighted by atomic mass is 9.80. The molecular weight excluding hydrogens is 288 g/mol. The Hall–Kier alpha value is -2.33. The molecule has 2 N–H and O–H groups in total. The fourth-order valence-corrected chi connectivity index (χ4v) is 2.85. The molecule has 23 heavy (non-hydrogen) atoms. The largest absolute Gasteiger partial charge is 0.388 e. The molecule has 2 aromatic rings. The molecule has 0 heterocycles. The highest BCUT2D eigenvalue weighted by atomic mass is 16.3. The van der Waals surface area contributed by atoms with Crippen LogP contribution in [0.1, 0.15) is 29.6 Å². The summed E-state index contributed by atoms with van der Waals surface area (Å²) in [7, 11) is 1.95. The van der Waals surface area contributed by atoms with Crippen LogP contribution in [0.25, 0.3) is 0 Å². The quantitative estimate of drug-likeness (QED) is 0.892. The number of nitrogens with one attached hydrogen (secondary N) is 1. The topological polar surface area (TPSA) is 52.6 Å². The summed E-state index contributed by atoms with van der Waals surface area (Å²) >= 11 is 0. The molecule has 4 nitrogen and oxygen atoms in total. The summed E-state index contributed by atoms with van der Waals surface area (Å²) in [5, 5.41) is 13.0. The molecule has 0 aliphatic heterocycles. The van der Waals surface area contributed by atoms with E-state index in [1.54, 1.807) is 0 Å². The number of nitrogens with zero attached hydrogens (tertiary/aromatic N) is 1. The van der Waals surface area contributed by atoms with Gasteiger partial charge in [-0.25, -0.2) is 0 Å². The van der Waals surface area contributed by atoms with E-state index in [4.69, 9.17) is 0 Å². The van der Waals surface area contributed by atoms with Gasteiger partial charge in [0.1, 0.15) is 0 Å². The second kappa shape index (κ2) is 6.42. The van der Waals surface area contributed by atoms with Gasteiger partial charge in [-0.2, -0.15) is 0 Å². The van der Waals surface area contributed by atoms with Gasteiger partial charge in [0.05, 0.1) is 16.9 Å². The summed E-state index contributed by atoms with van der Waals surface area (Å²) in [5.41, 5.74) is 1.76. The van der Waals surface area contributed by atoms with Crippen molar-refractivity contribution in [3.8, 4) is 0 Å². The number of para-hydroxylation sites is 2. The first-order chi connectivity index (χ1) is 11.1. The van der Waals surface area contributed by atoms with Crippen LogP contribution in [0.3, 0.4) is 0 Å². The monoisotopic (exact) mass is 310 g/mol. The standard InChI is InChI=1S/C19H22N2O2/c1-21(15-8-3-2-4-9-15)17-11-6-5-10-16(17)18(22)20-14-19(23)12-7-13-19/h2-6,8-11,23H,7,12-14H2,1H3,(H,20,22). The maximum atomic E-state index is 12.5. The second-order valence-electron chi connectivity index (χ2n) is 6.17. The number of benzene rings is 2. The van der Waals surface area contributed by atoms with Crippen LogP contribution in [-0.2, 0) is 0 Å².